The Kier molecular flexibility index (Phi) is 5.09. The van der Waals surface area contributed by atoms with E-state index in [0.717, 1.165) is 6.42 Å². The first-order valence-electron chi connectivity index (χ1n) is 6.71. The highest BCUT2D eigenvalue weighted by molar-refractivity contribution is 5.90. The van der Waals surface area contributed by atoms with E-state index in [1.165, 1.54) is 5.56 Å². The molecule has 100 valence electrons. The summed E-state index contributed by atoms with van der Waals surface area (Å²) in [4.78, 5) is 12.4. The van der Waals surface area contributed by atoms with Gasteiger partial charge in [-0.1, -0.05) is 44.2 Å². The van der Waals surface area contributed by atoms with Crippen molar-refractivity contribution in [1.29, 1.82) is 0 Å². The second-order valence-electron chi connectivity index (χ2n) is 5.81. The van der Waals surface area contributed by atoms with E-state index in [9.17, 15) is 4.79 Å². The summed E-state index contributed by atoms with van der Waals surface area (Å²) in [5.74, 6) is 0.324. The second-order valence-corrected chi connectivity index (χ2v) is 5.81. The van der Waals surface area contributed by atoms with Crippen molar-refractivity contribution in [3.05, 3.63) is 35.9 Å². The van der Waals surface area contributed by atoms with Crippen LogP contribution in [-0.2, 0) is 11.2 Å². The van der Waals surface area contributed by atoms with Gasteiger partial charge in [-0.3, -0.25) is 4.79 Å². The third kappa shape index (κ3) is 3.95. The van der Waals surface area contributed by atoms with Crippen molar-refractivity contribution in [1.82, 2.24) is 5.32 Å². The fourth-order valence-corrected chi connectivity index (χ4v) is 2.49. The van der Waals surface area contributed by atoms with E-state index in [2.05, 4.69) is 31.3 Å². The molecular formula is C16H25NO. The molecule has 0 aliphatic carbocycles. The molecule has 0 saturated carbocycles. The van der Waals surface area contributed by atoms with Crippen molar-refractivity contribution in [2.45, 2.75) is 52.6 Å². The molecule has 1 rings (SSSR count). The Hall–Kier alpha value is -1.15. The van der Waals surface area contributed by atoms with E-state index in [0.29, 0.717) is 6.04 Å². The minimum Gasteiger partial charge on any atom is -0.303 e. The zero-order valence-corrected chi connectivity index (χ0v) is 12.2. The van der Waals surface area contributed by atoms with Gasteiger partial charge in [0, 0.05) is 12.0 Å². The molecule has 0 aliphatic heterocycles. The SMILES string of the molecule is CC(C)N[C@@](C)(Cc1ccccc1)C(=O)C(C)C. The third-order valence-corrected chi connectivity index (χ3v) is 3.08. The summed E-state index contributed by atoms with van der Waals surface area (Å²) in [6.07, 6.45) is 0.739. The number of benzene rings is 1. The number of carbonyl (C=O) groups excluding carboxylic acids is 1. The molecule has 0 fully saturated rings. The molecule has 0 aromatic heterocycles. The Morgan fingerprint density at radius 3 is 2.17 bits per heavy atom. The molecule has 0 unspecified atom stereocenters. The number of hydrogen-bond acceptors (Lipinski definition) is 2. The highest BCUT2D eigenvalue weighted by Crippen LogP contribution is 2.19. The monoisotopic (exact) mass is 247 g/mol. The molecule has 0 amide bonds. The van der Waals surface area contributed by atoms with Crippen LogP contribution in [0.2, 0.25) is 0 Å². The molecule has 1 N–H and O–H groups in total. The smallest absolute Gasteiger partial charge is 0.155 e. The van der Waals surface area contributed by atoms with Gasteiger partial charge < -0.3 is 5.32 Å². The van der Waals surface area contributed by atoms with Gasteiger partial charge in [-0.05, 0) is 32.8 Å². The summed E-state index contributed by atoms with van der Waals surface area (Å²) in [5, 5.41) is 3.44. The summed E-state index contributed by atoms with van der Waals surface area (Å²) in [6.45, 7) is 10.1. The van der Waals surface area contributed by atoms with Crippen molar-refractivity contribution in [2.24, 2.45) is 5.92 Å². The first-order valence-corrected chi connectivity index (χ1v) is 6.71. The quantitative estimate of drug-likeness (QED) is 0.836. The number of nitrogens with one attached hydrogen (secondary N) is 1. The summed E-state index contributed by atoms with van der Waals surface area (Å²) < 4.78 is 0. The molecule has 18 heavy (non-hydrogen) atoms. The summed E-state index contributed by atoms with van der Waals surface area (Å²) >= 11 is 0. The first-order chi connectivity index (χ1) is 8.35. The fourth-order valence-electron chi connectivity index (χ4n) is 2.49. The van der Waals surface area contributed by atoms with E-state index < -0.39 is 5.54 Å². The van der Waals surface area contributed by atoms with E-state index in [-0.39, 0.29) is 11.7 Å². The predicted molar refractivity (Wildman–Crippen MR) is 76.7 cm³/mol. The first kappa shape index (κ1) is 14.9. The number of Topliss-reactive ketones (excluding diaryl/α,β-unsaturated/α-hetero) is 1. The van der Waals surface area contributed by atoms with E-state index in [4.69, 9.17) is 0 Å². The predicted octanol–water partition coefficient (Wildman–Crippen LogP) is 3.21. The Labute approximate surface area is 111 Å². The molecule has 0 heterocycles. The zero-order valence-electron chi connectivity index (χ0n) is 12.2. The van der Waals surface area contributed by atoms with Crippen LogP contribution in [0.15, 0.2) is 30.3 Å². The van der Waals surface area contributed by atoms with Crippen LogP contribution < -0.4 is 5.32 Å². The maximum atomic E-state index is 12.4. The van der Waals surface area contributed by atoms with Gasteiger partial charge in [0.15, 0.2) is 5.78 Å². The van der Waals surface area contributed by atoms with Crippen LogP contribution in [0, 0.1) is 5.92 Å². The van der Waals surface area contributed by atoms with Crippen molar-refractivity contribution >= 4 is 5.78 Å². The van der Waals surface area contributed by atoms with Crippen molar-refractivity contribution < 1.29 is 4.79 Å². The molecule has 1 atom stereocenters. The number of hydrogen-bond donors (Lipinski definition) is 1. The molecule has 2 heteroatoms. The largest absolute Gasteiger partial charge is 0.303 e. The Morgan fingerprint density at radius 1 is 1.17 bits per heavy atom. The highest BCUT2D eigenvalue weighted by atomic mass is 16.1. The number of rotatable bonds is 6. The van der Waals surface area contributed by atoms with Crippen LogP contribution in [0.1, 0.15) is 40.2 Å². The maximum absolute atomic E-state index is 12.4. The van der Waals surface area contributed by atoms with Crippen LogP contribution in [-0.4, -0.2) is 17.4 Å². The minimum atomic E-state index is -0.482. The molecular weight excluding hydrogens is 222 g/mol. The van der Waals surface area contributed by atoms with Gasteiger partial charge in [-0.2, -0.15) is 0 Å². The molecule has 1 aromatic rings. The van der Waals surface area contributed by atoms with Crippen molar-refractivity contribution in [3.63, 3.8) is 0 Å². The molecule has 0 saturated heterocycles. The normalized spacial score (nSPS) is 14.8. The molecule has 0 bridgehead atoms. The molecule has 1 aromatic carbocycles. The average Bonchev–Trinajstić information content (AvgIpc) is 2.28. The molecule has 0 aliphatic rings. The van der Waals surface area contributed by atoms with E-state index in [1.54, 1.807) is 0 Å². The lowest BCUT2D eigenvalue weighted by atomic mass is 9.83. The lowest BCUT2D eigenvalue weighted by Crippen LogP contribution is -2.55. The van der Waals surface area contributed by atoms with Crippen LogP contribution >= 0.6 is 0 Å². The molecule has 2 nitrogen and oxygen atoms in total. The number of ketones is 1. The van der Waals surface area contributed by atoms with E-state index >= 15 is 0 Å². The summed E-state index contributed by atoms with van der Waals surface area (Å²) in [7, 11) is 0. The van der Waals surface area contributed by atoms with Gasteiger partial charge in [0.05, 0.1) is 5.54 Å². The van der Waals surface area contributed by atoms with E-state index in [1.807, 2.05) is 39.0 Å². The topological polar surface area (TPSA) is 29.1 Å². The van der Waals surface area contributed by atoms with Gasteiger partial charge >= 0.3 is 0 Å². The maximum Gasteiger partial charge on any atom is 0.155 e. The lowest BCUT2D eigenvalue weighted by Gasteiger charge is -2.33. The zero-order chi connectivity index (χ0) is 13.8. The Bertz CT molecular complexity index is 383. The van der Waals surface area contributed by atoms with Crippen LogP contribution in [0.25, 0.3) is 0 Å². The lowest BCUT2D eigenvalue weighted by molar-refractivity contribution is -0.128. The highest BCUT2D eigenvalue weighted by Gasteiger charge is 2.34. The van der Waals surface area contributed by atoms with Gasteiger partial charge in [0.1, 0.15) is 0 Å². The average molecular weight is 247 g/mol. The second kappa shape index (κ2) is 6.14. The van der Waals surface area contributed by atoms with Gasteiger partial charge in [-0.15, -0.1) is 0 Å². The summed E-state index contributed by atoms with van der Waals surface area (Å²) in [5.41, 5.74) is 0.714. The standard InChI is InChI=1S/C16H25NO/c1-12(2)15(18)16(5,17-13(3)4)11-14-9-7-6-8-10-14/h6-10,12-13,17H,11H2,1-5H3/t16-/m0/s1. The molecule has 0 radical (unpaired) electrons. The van der Waals surface area contributed by atoms with Crippen molar-refractivity contribution in [2.75, 3.05) is 0 Å². The van der Waals surface area contributed by atoms with Crippen LogP contribution in [0.5, 0.6) is 0 Å². The Morgan fingerprint density at radius 2 is 1.72 bits per heavy atom. The van der Waals surface area contributed by atoms with Crippen LogP contribution in [0.4, 0.5) is 0 Å². The van der Waals surface area contributed by atoms with Crippen molar-refractivity contribution in [3.8, 4) is 0 Å². The minimum absolute atomic E-state index is 0.0463. The molecule has 0 spiro atoms. The fraction of sp³-hybridized carbons (Fsp3) is 0.562. The van der Waals surface area contributed by atoms with Gasteiger partial charge in [0.2, 0.25) is 0 Å². The summed E-state index contributed by atoms with van der Waals surface area (Å²) in [6, 6.07) is 10.5. The number of carbonyl (C=O) groups is 1. The third-order valence-electron chi connectivity index (χ3n) is 3.08. The van der Waals surface area contributed by atoms with Gasteiger partial charge in [-0.25, -0.2) is 0 Å². The van der Waals surface area contributed by atoms with Gasteiger partial charge in [0.25, 0.3) is 0 Å². The van der Waals surface area contributed by atoms with Crippen LogP contribution in [0.3, 0.4) is 0 Å². The Balaban J connectivity index is 2.94.